The van der Waals surface area contributed by atoms with Crippen molar-refractivity contribution in [1.82, 2.24) is 0 Å². The van der Waals surface area contributed by atoms with Crippen molar-refractivity contribution in [3.63, 3.8) is 0 Å². The van der Waals surface area contributed by atoms with Gasteiger partial charge in [0.2, 0.25) is 0 Å². The molecule has 1 nitrogen and oxygen atoms in total. The fraction of sp³-hybridized carbons (Fsp3) is 0.400. The number of rotatable bonds is 1. The molecule has 0 saturated heterocycles. The van der Waals surface area contributed by atoms with E-state index in [2.05, 4.69) is 12.3 Å². The van der Waals surface area contributed by atoms with Gasteiger partial charge < -0.3 is 5.73 Å². The second kappa shape index (κ2) is 2.70. The van der Waals surface area contributed by atoms with Crippen molar-refractivity contribution in [2.45, 2.75) is 13.0 Å². The molecule has 0 aliphatic heterocycles. The first-order chi connectivity index (χ1) is 2.77. The summed E-state index contributed by atoms with van der Waals surface area (Å²) in [6.07, 6.45) is 1.71. The summed E-state index contributed by atoms with van der Waals surface area (Å²) in [5.74, 6) is 0. The highest BCUT2D eigenvalue weighted by molar-refractivity contribution is 4.83. The first-order valence-corrected chi connectivity index (χ1v) is 1.89. The van der Waals surface area contributed by atoms with Crippen LogP contribution >= 0.6 is 0 Å². The van der Waals surface area contributed by atoms with E-state index in [1.807, 2.05) is 6.92 Å². The Balaban J connectivity index is 3.29. The summed E-state index contributed by atoms with van der Waals surface area (Å²) in [5.41, 5.74) is 7.81. The molecule has 2 N–H and O–H groups in total. The van der Waals surface area contributed by atoms with Gasteiger partial charge in [-0.05, 0) is 13.0 Å². The molecule has 0 spiro atoms. The summed E-state index contributed by atoms with van der Waals surface area (Å²) in [6.45, 7) is 5.21. The number of nitrogens with two attached hydrogens (primary N) is 1. The van der Waals surface area contributed by atoms with Crippen molar-refractivity contribution in [2.75, 3.05) is 0 Å². The first-order valence-electron chi connectivity index (χ1n) is 1.89. The lowest BCUT2D eigenvalue weighted by Crippen LogP contribution is -2.09. The number of hydrogen-bond acceptors (Lipinski definition) is 1. The van der Waals surface area contributed by atoms with Gasteiger partial charge in [0.1, 0.15) is 0 Å². The van der Waals surface area contributed by atoms with Crippen LogP contribution in [-0.4, -0.2) is 6.04 Å². The van der Waals surface area contributed by atoms with E-state index < -0.39 is 0 Å². The molecule has 1 unspecified atom stereocenters. The zero-order valence-electron chi connectivity index (χ0n) is 3.94. The van der Waals surface area contributed by atoms with Gasteiger partial charge in [-0.15, -0.1) is 5.73 Å². The third-order valence-corrected chi connectivity index (χ3v) is 0.381. The molecule has 0 bridgehead atoms. The van der Waals surface area contributed by atoms with Crippen molar-refractivity contribution >= 4 is 0 Å². The molecule has 0 heterocycles. The summed E-state index contributed by atoms with van der Waals surface area (Å²) in [4.78, 5) is 0. The van der Waals surface area contributed by atoms with Crippen LogP contribution in [0.4, 0.5) is 0 Å². The van der Waals surface area contributed by atoms with Gasteiger partial charge in [0.25, 0.3) is 0 Å². The van der Waals surface area contributed by atoms with Crippen molar-refractivity contribution in [1.29, 1.82) is 0 Å². The maximum absolute atomic E-state index is 5.24. The lowest BCUT2D eigenvalue weighted by molar-refractivity contribution is 0.928. The Morgan fingerprint density at radius 1 is 2.00 bits per heavy atom. The highest BCUT2D eigenvalue weighted by atomic mass is 14.6. The highest BCUT2D eigenvalue weighted by Crippen LogP contribution is 1.70. The molecule has 0 fully saturated rings. The summed E-state index contributed by atoms with van der Waals surface area (Å²) in [5, 5.41) is 0. The first kappa shape index (κ1) is 5.48. The standard InChI is InChI=1S/C5H9N/c1-3-4-5(2)6/h4-5H,1,6H2,2H3. The van der Waals surface area contributed by atoms with E-state index in [4.69, 9.17) is 5.73 Å². The fourth-order valence-electron chi connectivity index (χ4n) is 0.186. The van der Waals surface area contributed by atoms with Gasteiger partial charge in [-0.25, -0.2) is 0 Å². The fourth-order valence-corrected chi connectivity index (χ4v) is 0.186. The molecule has 34 valence electrons. The summed E-state index contributed by atoms with van der Waals surface area (Å²) in [7, 11) is 0. The Morgan fingerprint density at radius 2 is 2.50 bits per heavy atom. The molecule has 0 rings (SSSR count). The van der Waals surface area contributed by atoms with Crippen LogP contribution in [0.3, 0.4) is 0 Å². The van der Waals surface area contributed by atoms with Crippen molar-refractivity contribution in [3.05, 3.63) is 18.4 Å². The SMILES string of the molecule is C=C=CC(C)N. The predicted octanol–water partition coefficient (Wildman–Crippen LogP) is 0.675. The maximum Gasteiger partial charge on any atom is 0.0270 e. The van der Waals surface area contributed by atoms with Gasteiger partial charge in [-0.3, -0.25) is 0 Å². The second-order valence-corrected chi connectivity index (χ2v) is 1.23. The topological polar surface area (TPSA) is 26.0 Å². The number of hydrogen-bond donors (Lipinski definition) is 1. The van der Waals surface area contributed by atoms with Crippen LogP contribution in [0.1, 0.15) is 6.92 Å². The zero-order valence-corrected chi connectivity index (χ0v) is 3.94. The molecule has 0 aromatic heterocycles. The molecule has 1 atom stereocenters. The van der Waals surface area contributed by atoms with E-state index in [0.29, 0.717) is 0 Å². The van der Waals surface area contributed by atoms with Crippen molar-refractivity contribution in [3.8, 4) is 0 Å². The van der Waals surface area contributed by atoms with Crippen LogP contribution < -0.4 is 5.73 Å². The molecule has 0 saturated carbocycles. The largest absolute Gasteiger partial charge is 0.324 e. The van der Waals surface area contributed by atoms with Gasteiger partial charge in [-0.2, -0.15) is 0 Å². The van der Waals surface area contributed by atoms with E-state index >= 15 is 0 Å². The van der Waals surface area contributed by atoms with Crippen molar-refractivity contribution < 1.29 is 0 Å². The van der Waals surface area contributed by atoms with Gasteiger partial charge in [0.15, 0.2) is 0 Å². The normalized spacial score (nSPS) is 12.3. The highest BCUT2D eigenvalue weighted by Gasteiger charge is 1.75. The molecule has 0 aromatic rings. The molecule has 0 amide bonds. The van der Waals surface area contributed by atoms with Crippen LogP contribution in [0.2, 0.25) is 0 Å². The molecule has 0 radical (unpaired) electrons. The summed E-state index contributed by atoms with van der Waals surface area (Å²) in [6, 6.07) is 0.0995. The summed E-state index contributed by atoms with van der Waals surface area (Å²) < 4.78 is 0. The quantitative estimate of drug-likeness (QED) is 0.463. The van der Waals surface area contributed by atoms with Gasteiger partial charge >= 0.3 is 0 Å². The van der Waals surface area contributed by atoms with Crippen LogP contribution in [0.25, 0.3) is 0 Å². The predicted molar refractivity (Wildman–Crippen MR) is 27.4 cm³/mol. The molecule has 1 heteroatoms. The Morgan fingerprint density at radius 3 is 2.50 bits per heavy atom. The molecule has 0 aromatic carbocycles. The zero-order chi connectivity index (χ0) is 4.99. The third-order valence-electron chi connectivity index (χ3n) is 0.381. The lowest BCUT2D eigenvalue weighted by atomic mass is 10.4. The van der Waals surface area contributed by atoms with E-state index in [9.17, 15) is 0 Å². The van der Waals surface area contributed by atoms with E-state index in [1.54, 1.807) is 6.08 Å². The van der Waals surface area contributed by atoms with Crippen LogP contribution in [-0.2, 0) is 0 Å². The minimum absolute atomic E-state index is 0.0995. The van der Waals surface area contributed by atoms with Crippen LogP contribution in [0, 0.1) is 0 Å². The minimum Gasteiger partial charge on any atom is -0.324 e. The Kier molecular flexibility index (Phi) is 2.47. The monoisotopic (exact) mass is 83.1 g/mol. The second-order valence-electron chi connectivity index (χ2n) is 1.23. The average Bonchev–Trinajstić information content (AvgIpc) is 1.35. The minimum atomic E-state index is 0.0995. The van der Waals surface area contributed by atoms with E-state index in [-0.39, 0.29) is 6.04 Å². The molecule has 0 aliphatic carbocycles. The summed E-state index contributed by atoms with van der Waals surface area (Å²) >= 11 is 0. The Bertz CT molecular complexity index is 68.0. The van der Waals surface area contributed by atoms with Crippen LogP contribution in [0.5, 0.6) is 0 Å². The third kappa shape index (κ3) is 3.48. The maximum atomic E-state index is 5.24. The molecular formula is C5H9N. The average molecular weight is 83.1 g/mol. The van der Waals surface area contributed by atoms with E-state index in [0.717, 1.165) is 0 Å². The Hall–Kier alpha value is -0.520. The molecule has 0 aliphatic rings. The van der Waals surface area contributed by atoms with Crippen LogP contribution in [0.15, 0.2) is 18.4 Å². The van der Waals surface area contributed by atoms with Gasteiger partial charge in [-0.1, -0.05) is 6.58 Å². The van der Waals surface area contributed by atoms with E-state index in [1.165, 1.54) is 0 Å². The molecule has 6 heavy (non-hydrogen) atoms. The Labute approximate surface area is 38.2 Å². The van der Waals surface area contributed by atoms with Gasteiger partial charge in [0, 0.05) is 6.04 Å². The van der Waals surface area contributed by atoms with Crippen molar-refractivity contribution in [2.24, 2.45) is 5.73 Å². The smallest absolute Gasteiger partial charge is 0.0270 e. The van der Waals surface area contributed by atoms with Gasteiger partial charge in [0.05, 0.1) is 0 Å². The lowest BCUT2D eigenvalue weighted by Gasteiger charge is -1.85. The molecular weight excluding hydrogens is 74.1 g/mol.